The van der Waals surface area contributed by atoms with Gasteiger partial charge >= 0.3 is 11.8 Å². The molecule has 0 spiro atoms. The average Bonchev–Trinajstić information content (AvgIpc) is 3.25. The van der Waals surface area contributed by atoms with Crippen molar-refractivity contribution in [2.75, 3.05) is 20.2 Å². The molecule has 0 saturated heterocycles. The molecule has 0 saturated carbocycles. The molecule has 3 aromatic rings. The van der Waals surface area contributed by atoms with Crippen LogP contribution in [0, 0.1) is 0 Å². The van der Waals surface area contributed by atoms with Gasteiger partial charge in [-0.3, -0.25) is 9.59 Å². The van der Waals surface area contributed by atoms with Crippen molar-refractivity contribution in [3.05, 3.63) is 77.9 Å². The van der Waals surface area contributed by atoms with Gasteiger partial charge in [0.15, 0.2) is 12.4 Å². The lowest BCUT2D eigenvalue weighted by atomic mass is 10.2. The van der Waals surface area contributed by atoms with E-state index in [-0.39, 0.29) is 18.4 Å². The van der Waals surface area contributed by atoms with Crippen LogP contribution in [0.1, 0.15) is 22.1 Å². The van der Waals surface area contributed by atoms with E-state index in [0.717, 1.165) is 5.56 Å². The Morgan fingerprint density at radius 1 is 1.07 bits per heavy atom. The van der Waals surface area contributed by atoms with E-state index < -0.39 is 5.91 Å². The Morgan fingerprint density at radius 3 is 2.48 bits per heavy atom. The highest BCUT2D eigenvalue weighted by atomic mass is 16.5. The molecule has 0 atom stereocenters. The number of ether oxygens (including phenoxy) is 1. The van der Waals surface area contributed by atoms with Gasteiger partial charge < -0.3 is 19.5 Å². The number of likely N-dealkylation sites (N-methyl/N-ethyl adjacent to an activating group) is 1. The summed E-state index contributed by atoms with van der Waals surface area (Å²) in [6.07, 6.45) is 0.364. The van der Waals surface area contributed by atoms with Crippen LogP contribution in [0.5, 0.6) is 5.75 Å². The van der Waals surface area contributed by atoms with Crippen LogP contribution >= 0.6 is 0 Å². The molecule has 0 aliphatic carbocycles. The van der Waals surface area contributed by atoms with Gasteiger partial charge in [-0.1, -0.05) is 53.7 Å². The standard InChI is InChI=1S/C21H22N4O4/c1-25(19(26)15-28-17-10-6-3-7-11-17)13-12-18-23-21(29-24-18)20(27)22-14-16-8-4-2-5-9-16/h2-11H,12-15H2,1H3,(H,22,27). The van der Waals surface area contributed by atoms with Crippen LogP contribution in [-0.4, -0.2) is 47.1 Å². The van der Waals surface area contributed by atoms with Gasteiger partial charge in [-0.05, 0) is 17.7 Å². The maximum atomic E-state index is 12.1. The number of benzene rings is 2. The Morgan fingerprint density at radius 2 is 1.76 bits per heavy atom. The lowest BCUT2D eigenvalue weighted by Gasteiger charge is -2.16. The van der Waals surface area contributed by atoms with Gasteiger partial charge in [0, 0.05) is 26.6 Å². The van der Waals surface area contributed by atoms with E-state index in [2.05, 4.69) is 15.5 Å². The molecule has 8 nitrogen and oxygen atoms in total. The fraction of sp³-hybridized carbons (Fsp3) is 0.238. The predicted molar refractivity (Wildman–Crippen MR) is 105 cm³/mol. The van der Waals surface area contributed by atoms with Crippen molar-refractivity contribution in [3.63, 3.8) is 0 Å². The zero-order chi connectivity index (χ0) is 20.5. The van der Waals surface area contributed by atoms with E-state index in [1.165, 1.54) is 4.90 Å². The second kappa shape index (κ2) is 10.0. The molecule has 2 amide bonds. The molecule has 0 aliphatic heterocycles. The summed E-state index contributed by atoms with van der Waals surface area (Å²) in [6, 6.07) is 18.7. The third kappa shape index (κ3) is 6.17. The molecule has 0 bridgehead atoms. The van der Waals surface area contributed by atoms with Crippen molar-refractivity contribution in [2.45, 2.75) is 13.0 Å². The van der Waals surface area contributed by atoms with Crippen LogP contribution in [0.25, 0.3) is 0 Å². The smallest absolute Gasteiger partial charge is 0.315 e. The van der Waals surface area contributed by atoms with Crippen LogP contribution in [-0.2, 0) is 17.8 Å². The van der Waals surface area contributed by atoms with Crippen molar-refractivity contribution in [2.24, 2.45) is 0 Å². The molecule has 8 heteroatoms. The van der Waals surface area contributed by atoms with Gasteiger partial charge in [-0.15, -0.1) is 0 Å². The van der Waals surface area contributed by atoms with Crippen LogP contribution < -0.4 is 10.1 Å². The number of carbonyl (C=O) groups is 2. The monoisotopic (exact) mass is 394 g/mol. The largest absolute Gasteiger partial charge is 0.484 e. The highest BCUT2D eigenvalue weighted by Gasteiger charge is 2.16. The molecule has 0 fully saturated rings. The molecule has 29 heavy (non-hydrogen) atoms. The highest BCUT2D eigenvalue weighted by molar-refractivity contribution is 5.89. The molecule has 0 radical (unpaired) electrons. The summed E-state index contributed by atoms with van der Waals surface area (Å²) >= 11 is 0. The summed E-state index contributed by atoms with van der Waals surface area (Å²) in [5.74, 6) is 0.292. The molecule has 0 unspecified atom stereocenters. The van der Waals surface area contributed by atoms with Crippen molar-refractivity contribution >= 4 is 11.8 Å². The van der Waals surface area contributed by atoms with Crippen molar-refractivity contribution < 1.29 is 18.8 Å². The Bertz CT molecular complexity index is 928. The predicted octanol–water partition coefficient (Wildman–Crippen LogP) is 2.08. The quantitative estimate of drug-likeness (QED) is 0.597. The fourth-order valence-corrected chi connectivity index (χ4v) is 2.47. The maximum absolute atomic E-state index is 12.1. The number of carbonyl (C=O) groups excluding carboxylic acids is 2. The van der Waals surface area contributed by atoms with E-state index in [4.69, 9.17) is 9.26 Å². The van der Waals surface area contributed by atoms with Crippen molar-refractivity contribution in [1.29, 1.82) is 0 Å². The summed E-state index contributed by atoms with van der Waals surface area (Å²) in [5.41, 5.74) is 0.971. The van der Waals surface area contributed by atoms with Gasteiger partial charge in [0.1, 0.15) is 5.75 Å². The van der Waals surface area contributed by atoms with Gasteiger partial charge in [-0.2, -0.15) is 4.98 Å². The Labute approximate surface area is 168 Å². The SMILES string of the molecule is CN(CCc1noc(C(=O)NCc2ccccc2)n1)C(=O)COc1ccccc1. The van der Waals surface area contributed by atoms with E-state index >= 15 is 0 Å². The number of aromatic nitrogens is 2. The van der Waals surface area contributed by atoms with Crippen molar-refractivity contribution in [1.82, 2.24) is 20.4 Å². The number of nitrogens with zero attached hydrogens (tertiary/aromatic N) is 3. The number of para-hydroxylation sites is 1. The summed E-state index contributed by atoms with van der Waals surface area (Å²) in [4.78, 5) is 29.9. The minimum atomic E-state index is -0.437. The Kier molecular flexibility index (Phi) is 6.94. The zero-order valence-electron chi connectivity index (χ0n) is 16.1. The fourth-order valence-electron chi connectivity index (χ4n) is 2.47. The first kappa shape index (κ1) is 20.1. The Hall–Kier alpha value is -3.68. The summed E-state index contributed by atoms with van der Waals surface area (Å²) in [6.45, 7) is 0.692. The van der Waals surface area contributed by atoms with Gasteiger partial charge in [0.05, 0.1) is 0 Å². The van der Waals surface area contributed by atoms with E-state index in [9.17, 15) is 9.59 Å². The molecule has 1 aromatic heterocycles. The van der Waals surface area contributed by atoms with Gasteiger partial charge in [0.2, 0.25) is 0 Å². The summed E-state index contributed by atoms with van der Waals surface area (Å²) < 4.78 is 10.5. The van der Waals surface area contributed by atoms with Crippen LogP contribution in [0.4, 0.5) is 0 Å². The summed E-state index contributed by atoms with van der Waals surface area (Å²) in [5, 5.41) is 6.53. The first-order valence-electron chi connectivity index (χ1n) is 9.18. The van der Waals surface area contributed by atoms with Crippen LogP contribution in [0.2, 0.25) is 0 Å². The van der Waals surface area contributed by atoms with Gasteiger partial charge in [0.25, 0.3) is 5.91 Å². The van der Waals surface area contributed by atoms with Crippen LogP contribution in [0.15, 0.2) is 65.2 Å². The molecular weight excluding hydrogens is 372 g/mol. The highest BCUT2D eigenvalue weighted by Crippen LogP contribution is 2.08. The minimum absolute atomic E-state index is 0.0557. The second-order valence-corrected chi connectivity index (χ2v) is 6.35. The third-order valence-corrected chi connectivity index (χ3v) is 4.16. The normalized spacial score (nSPS) is 10.4. The number of hydrogen-bond donors (Lipinski definition) is 1. The van der Waals surface area contributed by atoms with Gasteiger partial charge in [-0.25, -0.2) is 0 Å². The number of amides is 2. The first-order valence-corrected chi connectivity index (χ1v) is 9.18. The third-order valence-electron chi connectivity index (χ3n) is 4.16. The maximum Gasteiger partial charge on any atom is 0.315 e. The van der Waals surface area contributed by atoms with E-state index in [0.29, 0.717) is 31.1 Å². The van der Waals surface area contributed by atoms with E-state index in [1.54, 1.807) is 19.2 Å². The second-order valence-electron chi connectivity index (χ2n) is 6.35. The topological polar surface area (TPSA) is 97.6 Å². The Balaban J connectivity index is 1.42. The first-order chi connectivity index (χ1) is 14.1. The number of nitrogens with one attached hydrogen (secondary N) is 1. The zero-order valence-corrected chi connectivity index (χ0v) is 16.1. The molecular formula is C21H22N4O4. The number of rotatable bonds is 9. The molecule has 0 aliphatic rings. The average molecular weight is 394 g/mol. The lowest BCUT2D eigenvalue weighted by molar-refractivity contribution is -0.132. The lowest BCUT2D eigenvalue weighted by Crippen LogP contribution is -2.33. The van der Waals surface area contributed by atoms with E-state index in [1.807, 2.05) is 48.5 Å². The number of hydrogen-bond acceptors (Lipinski definition) is 6. The van der Waals surface area contributed by atoms with Crippen molar-refractivity contribution in [3.8, 4) is 5.75 Å². The van der Waals surface area contributed by atoms with Crippen LogP contribution in [0.3, 0.4) is 0 Å². The summed E-state index contributed by atoms with van der Waals surface area (Å²) in [7, 11) is 1.67. The minimum Gasteiger partial charge on any atom is -0.484 e. The molecule has 1 N–H and O–H groups in total. The molecule has 150 valence electrons. The molecule has 1 heterocycles. The molecule has 2 aromatic carbocycles. The molecule has 3 rings (SSSR count).